The fraction of sp³-hybridized carbons (Fsp3) is 0.455. The summed E-state index contributed by atoms with van der Waals surface area (Å²) in [4.78, 5) is 47.7. The van der Waals surface area contributed by atoms with Crippen molar-refractivity contribution in [3.05, 3.63) is 40.2 Å². The molecule has 2 aromatic rings. The van der Waals surface area contributed by atoms with E-state index in [4.69, 9.17) is 4.74 Å². The Kier molecular flexibility index (Phi) is 5.92. The summed E-state index contributed by atoms with van der Waals surface area (Å²) in [5, 5.41) is 5.47. The van der Waals surface area contributed by atoms with Crippen molar-refractivity contribution >= 4 is 29.3 Å². The third-order valence-electron chi connectivity index (χ3n) is 5.66. The number of piperidine rings is 1. The number of rotatable bonds is 5. The van der Waals surface area contributed by atoms with Crippen LogP contribution in [0.2, 0.25) is 0 Å². The van der Waals surface area contributed by atoms with Gasteiger partial charge in [0.15, 0.2) is 0 Å². The summed E-state index contributed by atoms with van der Waals surface area (Å²) < 4.78 is 5.55. The van der Waals surface area contributed by atoms with E-state index >= 15 is 0 Å². The highest BCUT2D eigenvalue weighted by molar-refractivity contribution is 6.04. The van der Waals surface area contributed by atoms with Gasteiger partial charge in [0.25, 0.3) is 5.56 Å². The highest BCUT2D eigenvalue weighted by Gasteiger charge is 2.35. The second-order valence-electron chi connectivity index (χ2n) is 8.07. The molecule has 2 aliphatic heterocycles. The van der Waals surface area contributed by atoms with Gasteiger partial charge in [-0.3, -0.25) is 19.4 Å². The van der Waals surface area contributed by atoms with Gasteiger partial charge >= 0.3 is 0 Å². The Balaban J connectivity index is 1.64. The Morgan fingerprint density at radius 3 is 2.90 bits per heavy atom. The number of anilines is 3. The van der Waals surface area contributed by atoms with Crippen LogP contribution in [-0.2, 0) is 9.59 Å². The van der Waals surface area contributed by atoms with E-state index in [1.54, 1.807) is 18.2 Å². The molecule has 164 valence electrons. The molecule has 0 aliphatic carbocycles. The zero-order valence-electron chi connectivity index (χ0n) is 17.7. The molecule has 2 amide bonds. The maximum Gasteiger partial charge on any atom is 0.258 e. The number of aromatic nitrogens is 2. The Bertz CT molecular complexity index is 1050. The van der Waals surface area contributed by atoms with E-state index in [1.165, 1.54) is 0 Å². The fourth-order valence-electron chi connectivity index (χ4n) is 4.19. The maximum absolute atomic E-state index is 13.1. The quantitative estimate of drug-likeness (QED) is 0.678. The van der Waals surface area contributed by atoms with Crippen molar-refractivity contribution in [2.75, 3.05) is 35.2 Å². The molecular weight excluding hydrogens is 398 g/mol. The summed E-state index contributed by atoms with van der Waals surface area (Å²) in [6, 6.07) is 7.05. The first-order valence-electron chi connectivity index (χ1n) is 10.7. The first-order chi connectivity index (χ1) is 15.0. The SMILES string of the molecule is CCOc1ccccc1NC(=O)[C@H]1CC(=O)Nc2nc(N3CCC[C@@H](C)C3)[nH]c(=O)c21. The Morgan fingerprint density at radius 2 is 2.13 bits per heavy atom. The zero-order valence-corrected chi connectivity index (χ0v) is 17.7. The predicted molar refractivity (Wildman–Crippen MR) is 118 cm³/mol. The molecule has 1 fully saturated rings. The monoisotopic (exact) mass is 425 g/mol. The third-order valence-corrected chi connectivity index (χ3v) is 5.66. The number of carbonyl (C=O) groups excluding carboxylic acids is 2. The van der Waals surface area contributed by atoms with Crippen molar-refractivity contribution in [3.63, 3.8) is 0 Å². The average molecular weight is 425 g/mol. The number of para-hydroxylation sites is 2. The normalized spacial score (nSPS) is 20.6. The number of H-pyrrole nitrogens is 1. The van der Waals surface area contributed by atoms with Gasteiger partial charge in [-0.1, -0.05) is 19.1 Å². The van der Waals surface area contributed by atoms with Crippen LogP contribution in [0, 0.1) is 5.92 Å². The highest BCUT2D eigenvalue weighted by atomic mass is 16.5. The van der Waals surface area contributed by atoms with E-state index in [1.807, 2.05) is 17.9 Å². The number of hydrogen-bond acceptors (Lipinski definition) is 6. The Morgan fingerprint density at radius 1 is 1.32 bits per heavy atom. The van der Waals surface area contributed by atoms with Crippen molar-refractivity contribution in [2.24, 2.45) is 5.92 Å². The smallest absolute Gasteiger partial charge is 0.258 e. The molecule has 1 saturated heterocycles. The van der Waals surface area contributed by atoms with Gasteiger partial charge in [0.05, 0.1) is 23.8 Å². The van der Waals surface area contributed by atoms with Crippen LogP contribution in [0.1, 0.15) is 44.6 Å². The number of amides is 2. The molecule has 0 saturated carbocycles. The molecular formula is C22H27N5O4. The predicted octanol–water partition coefficient (Wildman–Crippen LogP) is 2.47. The number of carbonyl (C=O) groups is 2. The van der Waals surface area contributed by atoms with E-state index < -0.39 is 17.4 Å². The number of aromatic amines is 1. The lowest BCUT2D eigenvalue weighted by Crippen LogP contribution is -2.40. The fourth-order valence-corrected chi connectivity index (χ4v) is 4.19. The van der Waals surface area contributed by atoms with Gasteiger partial charge in [0.1, 0.15) is 11.6 Å². The second kappa shape index (κ2) is 8.79. The van der Waals surface area contributed by atoms with Gasteiger partial charge in [-0.25, -0.2) is 0 Å². The van der Waals surface area contributed by atoms with Gasteiger partial charge in [0, 0.05) is 19.5 Å². The molecule has 2 aliphatic rings. The van der Waals surface area contributed by atoms with Crippen LogP contribution in [0.15, 0.2) is 29.1 Å². The highest BCUT2D eigenvalue weighted by Crippen LogP contribution is 2.32. The summed E-state index contributed by atoms with van der Waals surface area (Å²) >= 11 is 0. The van der Waals surface area contributed by atoms with Crippen LogP contribution in [0.3, 0.4) is 0 Å². The van der Waals surface area contributed by atoms with Crippen LogP contribution >= 0.6 is 0 Å². The van der Waals surface area contributed by atoms with Crippen LogP contribution in [-0.4, -0.2) is 41.5 Å². The molecule has 3 N–H and O–H groups in total. The zero-order chi connectivity index (χ0) is 22.0. The molecule has 0 radical (unpaired) electrons. The molecule has 31 heavy (non-hydrogen) atoms. The van der Waals surface area contributed by atoms with Crippen molar-refractivity contribution in [3.8, 4) is 5.75 Å². The molecule has 0 unspecified atom stereocenters. The van der Waals surface area contributed by atoms with E-state index in [9.17, 15) is 14.4 Å². The minimum atomic E-state index is -0.941. The lowest BCUT2D eigenvalue weighted by atomic mass is 9.92. The topological polar surface area (TPSA) is 116 Å². The van der Waals surface area contributed by atoms with Crippen molar-refractivity contribution in [2.45, 2.75) is 39.0 Å². The lowest BCUT2D eigenvalue weighted by molar-refractivity contribution is -0.123. The summed E-state index contributed by atoms with van der Waals surface area (Å²) in [7, 11) is 0. The number of nitrogens with zero attached hydrogens (tertiary/aromatic N) is 2. The van der Waals surface area contributed by atoms with Crippen molar-refractivity contribution in [1.29, 1.82) is 0 Å². The third kappa shape index (κ3) is 4.40. The second-order valence-corrected chi connectivity index (χ2v) is 8.07. The molecule has 2 atom stereocenters. The van der Waals surface area contributed by atoms with Crippen LogP contribution in [0.5, 0.6) is 5.75 Å². The van der Waals surface area contributed by atoms with Gasteiger partial charge < -0.3 is 20.3 Å². The summed E-state index contributed by atoms with van der Waals surface area (Å²) in [6.07, 6.45) is 2.02. The minimum absolute atomic E-state index is 0.125. The van der Waals surface area contributed by atoms with Crippen molar-refractivity contribution in [1.82, 2.24) is 9.97 Å². The Labute approximate surface area is 180 Å². The summed E-state index contributed by atoms with van der Waals surface area (Å²) in [6.45, 7) is 6.03. The van der Waals surface area contributed by atoms with Crippen molar-refractivity contribution < 1.29 is 14.3 Å². The number of nitrogens with one attached hydrogen (secondary N) is 3. The number of fused-ring (bicyclic) bond motifs is 1. The first-order valence-corrected chi connectivity index (χ1v) is 10.7. The van der Waals surface area contributed by atoms with Crippen LogP contribution in [0.4, 0.5) is 17.5 Å². The molecule has 1 aromatic carbocycles. The molecule has 9 nitrogen and oxygen atoms in total. The number of benzene rings is 1. The van der Waals surface area contributed by atoms with E-state index in [0.717, 1.165) is 25.9 Å². The average Bonchev–Trinajstić information content (AvgIpc) is 2.74. The molecule has 4 rings (SSSR count). The standard InChI is InChI=1S/C22H27N5O4/c1-3-31-16-9-5-4-8-15(16)23-20(29)14-11-17(28)24-19-18(14)21(30)26-22(25-19)27-10-6-7-13(2)12-27/h4-5,8-9,13-14H,3,6-7,10-12H2,1-2H3,(H,23,29)(H2,24,25,26,28,30)/t13-,14+/m1/s1. The summed E-state index contributed by atoms with van der Waals surface area (Å²) in [5.74, 6) is -0.125. The number of hydrogen-bond donors (Lipinski definition) is 3. The molecule has 0 bridgehead atoms. The van der Waals surface area contributed by atoms with Gasteiger partial charge in [0.2, 0.25) is 17.8 Å². The molecule has 3 heterocycles. The lowest BCUT2D eigenvalue weighted by Gasteiger charge is -2.32. The summed E-state index contributed by atoms with van der Waals surface area (Å²) in [5.41, 5.74) is 0.265. The molecule has 1 aromatic heterocycles. The molecule has 9 heteroatoms. The number of ether oxygens (including phenoxy) is 1. The van der Waals surface area contributed by atoms with E-state index in [-0.39, 0.29) is 23.7 Å². The van der Waals surface area contributed by atoms with Gasteiger partial charge in [-0.15, -0.1) is 0 Å². The van der Waals surface area contributed by atoms with Gasteiger partial charge in [-0.2, -0.15) is 4.98 Å². The Hall–Kier alpha value is -3.36. The molecule has 0 spiro atoms. The van der Waals surface area contributed by atoms with Gasteiger partial charge in [-0.05, 0) is 37.8 Å². The largest absolute Gasteiger partial charge is 0.492 e. The first kappa shape index (κ1) is 20.9. The van der Waals surface area contributed by atoms with E-state index in [0.29, 0.717) is 29.9 Å². The van der Waals surface area contributed by atoms with Crippen LogP contribution in [0.25, 0.3) is 0 Å². The maximum atomic E-state index is 13.1. The van der Waals surface area contributed by atoms with Crippen LogP contribution < -0.4 is 25.8 Å². The minimum Gasteiger partial charge on any atom is -0.492 e. The van der Waals surface area contributed by atoms with E-state index in [2.05, 4.69) is 27.5 Å².